The number of nitrogens with zero attached hydrogens (tertiary/aromatic N) is 2. The van der Waals surface area contributed by atoms with Crippen LogP contribution in [0.3, 0.4) is 0 Å². The van der Waals surface area contributed by atoms with E-state index < -0.39 is 10.0 Å². The van der Waals surface area contributed by atoms with Gasteiger partial charge < -0.3 is 0 Å². The molecule has 0 aliphatic carbocycles. The molecule has 0 aliphatic rings. The number of nitrogens with one attached hydrogen (secondary N) is 1. The summed E-state index contributed by atoms with van der Waals surface area (Å²) in [5.41, 5.74) is 1.87. The van der Waals surface area contributed by atoms with E-state index in [2.05, 4.69) is 25.8 Å². The maximum atomic E-state index is 12.1. The summed E-state index contributed by atoms with van der Waals surface area (Å²) >= 11 is 4.45. The van der Waals surface area contributed by atoms with Gasteiger partial charge in [-0.2, -0.15) is 5.10 Å². The van der Waals surface area contributed by atoms with Gasteiger partial charge in [-0.1, -0.05) is 0 Å². The summed E-state index contributed by atoms with van der Waals surface area (Å²) < 4.78 is 29.6. The largest absolute Gasteiger partial charge is 0.270 e. The van der Waals surface area contributed by atoms with Crippen LogP contribution in [0.2, 0.25) is 0 Å². The Balaban J connectivity index is 2.12. The second-order valence-electron chi connectivity index (χ2n) is 3.95. The first kappa shape index (κ1) is 14.7. The molecule has 0 aliphatic heterocycles. The van der Waals surface area contributed by atoms with Crippen LogP contribution in [0.25, 0.3) is 0 Å². The van der Waals surface area contributed by atoms with Crippen molar-refractivity contribution in [3.63, 3.8) is 0 Å². The van der Waals surface area contributed by atoms with Crippen molar-refractivity contribution in [3.8, 4) is 0 Å². The number of hydrogen-bond acceptors (Lipinski definition) is 4. The number of hydrogen-bond donors (Lipinski definition) is 1. The summed E-state index contributed by atoms with van der Waals surface area (Å²) in [6, 6.07) is 3.30. The Morgan fingerprint density at radius 2 is 2.21 bits per heavy atom. The molecule has 0 saturated heterocycles. The molecule has 104 valence electrons. The highest BCUT2D eigenvalue weighted by Gasteiger charge is 2.17. The monoisotopic (exact) mass is 363 g/mol. The van der Waals surface area contributed by atoms with Gasteiger partial charge in [-0.3, -0.25) is 4.68 Å². The van der Waals surface area contributed by atoms with Gasteiger partial charge >= 0.3 is 0 Å². The molecular formula is C11H14BrN3O2S2. The van der Waals surface area contributed by atoms with Gasteiger partial charge in [0.25, 0.3) is 0 Å². The molecule has 0 amide bonds. The Hall–Kier alpha value is -0.700. The molecule has 0 aromatic carbocycles. The van der Waals surface area contributed by atoms with Crippen LogP contribution in [0.5, 0.6) is 0 Å². The molecule has 0 saturated carbocycles. The Bertz CT molecular complexity index is 676. The standard InChI is InChI=1S/C11H14BrN3O2S2/c1-3-15-8(2)9(6-13-15)7-14-19(16,17)11-5-4-10(12)18-11/h4-6,14H,3,7H2,1-2H3. The number of halogens is 1. The summed E-state index contributed by atoms with van der Waals surface area (Å²) in [6.45, 7) is 4.96. The van der Waals surface area contributed by atoms with Gasteiger partial charge in [-0.05, 0) is 41.9 Å². The normalized spacial score (nSPS) is 11.9. The highest BCUT2D eigenvalue weighted by Crippen LogP contribution is 2.25. The van der Waals surface area contributed by atoms with Crippen molar-refractivity contribution < 1.29 is 8.42 Å². The number of aryl methyl sites for hydroxylation is 1. The van der Waals surface area contributed by atoms with E-state index in [-0.39, 0.29) is 6.54 Å². The molecule has 0 radical (unpaired) electrons. The number of aromatic nitrogens is 2. The third-order valence-corrected chi connectivity index (χ3v) is 6.29. The molecule has 1 N–H and O–H groups in total. The van der Waals surface area contributed by atoms with Crippen molar-refractivity contribution >= 4 is 37.3 Å². The van der Waals surface area contributed by atoms with Crippen LogP contribution in [-0.4, -0.2) is 18.2 Å². The van der Waals surface area contributed by atoms with E-state index in [0.717, 1.165) is 21.6 Å². The summed E-state index contributed by atoms with van der Waals surface area (Å²) in [4.78, 5) is 0. The molecule has 0 atom stereocenters. The number of rotatable bonds is 5. The molecular weight excluding hydrogens is 350 g/mol. The van der Waals surface area contributed by atoms with Gasteiger partial charge in [-0.25, -0.2) is 13.1 Å². The maximum absolute atomic E-state index is 12.1. The fourth-order valence-electron chi connectivity index (χ4n) is 1.66. The lowest BCUT2D eigenvalue weighted by atomic mass is 10.3. The lowest BCUT2D eigenvalue weighted by Gasteiger charge is -2.05. The fourth-order valence-corrected chi connectivity index (χ4v) is 4.72. The van der Waals surface area contributed by atoms with Gasteiger partial charge in [0.15, 0.2) is 0 Å². The van der Waals surface area contributed by atoms with E-state index >= 15 is 0 Å². The van der Waals surface area contributed by atoms with Gasteiger partial charge in [0, 0.05) is 24.3 Å². The van der Waals surface area contributed by atoms with Crippen molar-refractivity contribution in [3.05, 3.63) is 33.4 Å². The second kappa shape index (κ2) is 5.74. The molecule has 0 spiro atoms. The van der Waals surface area contributed by atoms with Gasteiger partial charge in [0.05, 0.1) is 9.98 Å². The zero-order chi connectivity index (χ0) is 14.0. The zero-order valence-electron chi connectivity index (χ0n) is 10.6. The third kappa shape index (κ3) is 3.25. The van der Waals surface area contributed by atoms with Crippen LogP contribution < -0.4 is 4.72 Å². The van der Waals surface area contributed by atoms with Gasteiger partial charge in [0.1, 0.15) is 4.21 Å². The van der Waals surface area contributed by atoms with E-state index in [0.29, 0.717) is 4.21 Å². The molecule has 19 heavy (non-hydrogen) atoms. The van der Waals surface area contributed by atoms with E-state index in [1.54, 1.807) is 18.3 Å². The van der Waals surface area contributed by atoms with Crippen molar-refractivity contribution in [2.45, 2.75) is 31.1 Å². The summed E-state index contributed by atoms with van der Waals surface area (Å²) in [5.74, 6) is 0. The minimum absolute atomic E-state index is 0.254. The van der Waals surface area contributed by atoms with Crippen LogP contribution in [-0.2, 0) is 23.1 Å². The average molecular weight is 364 g/mol. The van der Waals surface area contributed by atoms with Crippen molar-refractivity contribution in [1.29, 1.82) is 0 Å². The Morgan fingerprint density at radius 1 is 1.47 bits per heavy atom. The summed E-state index contributed by atoms with van der Waals surface area (Å²) in [6.07, 6.45) is 1.70. The van der Waals surface area contributed by atoms with Crippen molar-refractivity contribution in [1.82, 2.24) is 14.5 Å². The lowest BCUT2D eigenvalue weighted by molar-refractivity contribution is 0.583. The Kier molecular flexibility index (Phi) is 4.44. The quantitative estimate of drug-likeness (QED) is 0.887. The number of sulfonamides is 1. The average Bonchev–Trinajstić information content (AvgIpc) is 2.94. The van der Waals surface area contributed by atoms with Crippen molar-refractivity contribution in [2.24, 2.45) is 0 Å². The van der Waals surface area contributed by atoms with E-state index in [1.165, 1.54) is 11.3 Å². The molecule has 0 unspecified atom stereocenters. The molecule has 0 fully saturated rings. The lowest BCUT2D eigenvalue weighted by Crippen LogP contribution is -2.22. The van der Waals surface area contributed by atoms with Gasteiger partial charge in [0.2, 0.25) is 10.0 Å². The van der Waals surface area contributed by atoms with E-state index in [9.17, 15) is 8.42 Å². The number of thiophene rings is 1. The highest BCUT2D eigenvalue weighted by molar-refractivity contribution is 9.11. The Labute approximate surface area is 124 Å². The molecule has 2 heterocycles. The molecule has 5 nitrogen and oxygen atoms in total. The Morgan fingerprint density at radius 3 is 2.74 bits per heavy atom. The SMILES string of the molecule is CCn1ncc(CNS(=O)(=O)c2ccc(Br)s2)c1C. The van der Waals surface area contributed by atoms with E-state index in [4.69, 9.17) is 0 Å². The molecule has 2 rings (SSSR count). The van der Waals surface area contributed by atoms with Crippen LogP contribution in [0.1, 0.15) is 18.2 Å². The highest BCUT2D eigenvalue weighted by atomic mass is 79.9. The minimum Gasteiger partial charge on any atom is -0.270 e. The fraction of sp³-hybridized carbons (Fsp3) is 0.364. The predicted octanol–water partition coefficient (Wildman–Crippen LogP) is 2.51. The van der Waals surface area contributed by atoms with Crippen LogP contribution in [0, 0.1) is 6.92 Å². The zero-order valence-corrected chi connectivity index (χ0v) is 13.8. The summed E-state index contributed by atoms with van der Waals surface area (Å²) in [5, 5.41) is 4.19. The minimum atomic E-state index is -3.45. The second-order valence-corrected chi connectivity index (χ2v) is 8.41. The van der Waals surface area contributed by atoms with Gasteiger partial charge in [-0.15, -0.1) is 11.3 Å². The molecule has 0 bridgehead atoms. The predicted molar refractivity (Wildman–Crippen MR) is 78.7 cm³/mol. The first-order valence-corrected chi connectivity index (χ1v) is 8.79. The van der Waals surface area contributed by atoms with Crippen LogP contribution >= 0.6 is 27.3 Å². The van der Waals surface area contributed by atoms with Crippen LogP contribution in [0.15, 0.2) is 26.3 Å². The molecule has 8 heteroatoms. The molecule has 2 aromatic rings. The smallest absolute Gasteiger partial charge is 0.250 e. The molecule has 2 aromatic heterocycles. The van der Waals surface area contributed by atoms with Crippen molar-refractivity contribution in [2.75, 3.05) is 0 Å². The summed E-state index contributed by atoms with van der Waals surface area (Å²) in [7, 11) is -3.45. The van der Waals surface area contributed by atoms with E-state index in [1.807, 2.05) is 18.5 Å². The topological polar surface area (TPSA) is 64.0 Å². The maximum Gasteiger partial charge on any atom is 0.250 e. The first-order valence-electron chi connectivity index (χ1n) is 5.70. The third-order valence-electron chi connectivity index (χ3n) is 2.77. The van der Waals surface area contributed by atoms with Crippen LogP contribution in [0.4, 0.5) is 0 Å². The first-order chi connectivity index (χ1) is 8.94.